The molecule has 0 aliphatic carbocycles. The third-order valence-corrected chi connectivity index (χ3v) is 4.23. The van der Waals surface area contributed by atoms with Crippen molar-refractivity contribution in [2.45, 2.75) is 18.3 Å². The summed E-state index contributed by atoms with van der Waals surface area (Å²) in [5.74, 6) is -1.04. The van der Waals surface area contributed by atoms with Gasteiger partial charge >= 0.3 is 6.18 Å². The summed E-state index contributed by atoms with van der Waals surface area (Å²) in [7, 11) is -3.50. The predicted octanol–water partition coefficient (Wildman–Crippen LogP) is -0.999. The number of hydrogen-bond acceptors (Lipinski definition) is 5. The molecule has 2 unspecified atom stereocenters. The highest BCUT2D eigenvalue weighted by molar-refractivity contribution is 7.91. The average molecular weight is 277 g/mol. The minimum absolute atomic E-state index is 0.323. The van der Waals surface area contributed by atoms with Crippen LogP contribution in [0.1, 0.15) is 0 Å². The SMILES string of the molecule is O=S1(=O)CC(O)C(N(CCO)CC(F)(F)F)C1. The number of nitrogens with zero attached hydrogens (tertiary/aromatic N) is 1. The first-order chi connectivity index (χ1) is 7.64. The Kier molecular flexibility index (Phi) is 4.39. The zero-order valence-corrected chi connectivity index (χ0v) is 9.71. The van der Waals surface area contributed by atoms with Gasteiger partial charge in [0, 0.05) is 6.54 Å². The van der Waals surface area contributed by atoms with Gasteiger partial charge < -0.3 is 10.2 Å². The van der Waals surface area contributed by atoms with E-state index in [1.165, 1.54) is 0 Å². The number of rotatable bonds is 4. The first-order valence-corrected chi connectivity index (χ1v) is 6.77. The molecule has 1 rings (SSSR count). The number of sulfone groups is 1. The van der Waals surface area contributed by atoms with E-state index >= 15 is 0 Å². The molecule has 9 heteroatoms. The fourth-order valence-electron chi connectivity index (χ4n) is 1.88. The molecule has 5 nitrogen and oxygen atoms in total. The van der Waals surface area contributed by atoms with E-state index in [1.807, 2.05) is 0 Å². The van der Waals surface area contributed by atoms with Crippen LogP contribution in [0.3, 0.4) is 0 Å². The number of hydrogen-bond donors (Lipinski definition) is 2. The third kappa shape index (κ3) is 4.41. The van der Waals surface area contributed by atoms with Gasteiger partial charge in [-0.2, -0.15) is 13.2 Å². The summed E-state index contributed by atoms with van der Waals surface area (Å²) in [6, 6.07) is -1.10. The molecule has 1 fully saturated rings. The molecule has 17 heavy (non-hydrogen) atoms. The maximum Gasteiger partial charge on any atom is 0.401 e. The number of aliphatic hydroxyl groups is 2. The molecule has 0 radical (unpaired) electrons. The van der Waals surface area contributed by atoms with Crippen molar-refractivity contribution in [2.75, 3.05) is 31.2 Å². The van der Waals surface area contributed by atoms with Gasteiger partial charge in [-0.05, 0) is 0 Å². The van der Waals surface area contributed by atoms with E-state index in [0.29, 0.717) is 0 Å². The van der Waals surface area contributed by atoms with Crippen molar-refractivity contribution >= 4 is 9.84 Å². The summed E-state index contributed by atoms with van der Waals surface area (Å²) in [5, 5.41) is 18.1. The number of alkyl halides is 3. The molecule has 102 valence electrons. The van der Waals surface area contributed by atoms with Gasteiger partial charge in [-0.15, -0.1) is 0 Å². The first-order valence-electron chi connectivity index (χ1n) is 4.95. The summed E-state index contributed by atoms with van der Waals surface area (Å²) in [6.45, 7) is -2.19. The Labute approximate surface area is 96.8 Å². The van der Waals surface area contributed by atoms with E-state index in [9.17, 15) is 26.7 Å². The van der Waals surface area contributed by atoms with Gasteiger partial charge in [-0.3, -0.25) is 4.90 Å². The van der Waals surface area contributed by atoms with Crippen LogP contribution in [0.2, 0.25) is 0 Å². The molecule has 2 atom stereocenters. The van der Waals surface area contributed by atoms with E-state index in [2.05, 4.69) is 0 Å². The van der Waals surface area contributed by atoms with Crippen LogP contribution < -0.4 is 0 Å². The van der Waals surface area contributed by atoms with Crippen LogP contribution in [-0.2, 0) is 9.84 Å². The van der Waals surface area contributed by atoms with Crippen molar-refractivity contribution in [2.24, 2.45) is 0 Å². The first kappa shape index (κ1) is 14.7. The van der Waals surface area contributed by atoms with Crippen molar-refractivity contribution in [1.82, 2.24) is 4.90 Å². The molecular weight excluding hydrogens is 263 g/mol. The maximum atomic E-state index is 12.2. The van der Waals surface area contributed by atoms with Crippen LogP contribution in [0.5, 0.6) is 0 Å². The molecule has 1 aliphatic rings. The molecule has 2 N–H and O–H groups in total. The molecule has 0 aromatic heterocycles. The van der Waals surface area contributed by atoms with Crippen LogP contribution in [0, 0.1) is 0 Å². The van der Waals surface area contributed by atoms with Gasteiger partial charge in [0.2, 0.25) is 0 Å². The zero-order valence-electron chi connectivity index (χ0n) is 8.89. The van der Waals surface area contributed by atoms with Gasteiger partial charge in [0.1, 0.15) is 0 Å². The van der Waals surface area contributed by atoms with Gasteiger partial charge in [-0.1, -0.05) is 0 Å². The lowest BCUT2D eigenvalue weighted by Crippen LogP contribution is -2.48. The lowest BCUT2D eigenvalue weighted by molar-refractivity contribution is -0.154. The molecule has 0 amide bonds. The summed E-state index contributed by atoms with van der Waals surface area (Å²) >= 11 is 0. The minimum atomic E-state index is -4.50. The fourth-order valence-corrected chi connectivity index (χ4v) is 3.71. The van der Waals surface area contributed by atoms with Crippen LogP contribution in [0.25, 0.3) is 0 Å². The van der Waals surface area contributed by atoms with Crippen molar-refractivity contribution in [3.63, 3.8) is 0 Å². The highest BCUT2D eigenvalue weighted by Crippen LogP contribution is 2.23. The predicted molar refractivity (Wildman–Crippen MR) is 53.2 cm³/mol. The van der Waals surface area contributed by atoms with Gasteiger partial charge in [0.25, 0.3) is 0 Å². The smallest absolute Gasteiger partial charge is 0.395 e. The van der Waals surface area contributed by atoms with Crippen molar-refractivity contribution in [3.8, 4) is 0 Å². The average Bonchev–Trinajstić information content (AvgIpc) is 2.36. The fraction of sp³-hybridized carbons (Fsp3) is 1.00. The molecular formula is C8H14F3NO4S. The Hall–Kier alpha value is -0.380. The van der Waals surface area contributed by atoms with Gasteiger partial charge in [-0.25, -0.2) is 8.42 Å². The number of halogens is 3. The largest absolute Gasteiger partial charge is 0.401 e. The second kappa shape index (κ2) is 5.09. The number of aliphatic hydroxyl groups excluding tert-OH is 2. The lowest BCUT2D eigenvalue weighted by Gasteiger charge is -2.29. The lowest BCUT2D eigenvalue weighted by atomic mass is 10.2. The molecule has 0 bridgehead atoms. The minimum Gasteiger partial charge on any atom is -0.395 e. The quantitative estimate of drug-likeness (QED) is 0.689. The maximum absolute atomic E-state index is 12.2. The summed E-state index contributed by atoms with van der Waals surface area (Å²) < 4.78 is 59.1. The van der Waals surface area contributed by atoms with E-state index < -0.39 is 52.8 Å². The van der Waals surface area contributed by atoms with E-state index in [4.69, 9.17) is 5.11 Å². The molecule has 1 saturated heterocycles. The molecule has 0 aromatic carbocycles. The Morgan fingerprint density at radius 1 is 1.29 bits per heavy atom. The Morgan fingerprint density at radius 2 is 1.88 bits per heavy atom. The highest BCUT2D eigenvalue weighted by atomic mass is 32.2. The summed E-state index contributed by atoms with van der Waals surface area (Å²) in [4.78, 5) is 0.759. The standard InChI is InChI=1S/C8H14F3NO4S/c9-8(10,11)5-12(1-2-13)6-3-17(15,16)4-7(6)14/h6-7,13-14H,1-5H2. The molecule has 0 aromatic rings. The topological polar surface area (TPSA) is 77.8 Å². The molecule has 0 spiro atoms. The zero-order chi connectivity index (χ0) is 13.3. The van der Waals surface area contributed by atoms with Crippen molar-refractivity contribution in [1.29, 1.82) is 0 Å². The monoisotopic (exact) mass is 277 g/mol. The van der Waals surface area contributed by atoms with Crippen molar-refractivity contribution in [3.05, 3.63) is 0 Å². The Balaban J connectivity index is 2.78. The van der Waals surface area contributed by atoms with E-state index in [0.717, 1.165) is 4.90 Å². The normalized spacial score (nSPS) is 28.8. The van der Waals surface area contributed by atoms with Crippen LogP contribution in [-0.4, -0.2) is 73.1 Å². The van der Waals surface area contributed by atoms with Crippen LogP contribution in [0.15, 0.2) is 0 Å². The second-order valence-corrected chi connectivity index (χ2v) is 6.17. The molecule has 0 saturated carbocycles. The van der Waals surface area contributed by atoms with Gasteiger partial charge in [0.05, 0.1) is 36.8 Å². The van der Waals surface area contributed by atoms with E-state index in [-0.39, 0.29) is 6.54 Å². The Bertz CT molecular complexity index is 356. The summed E-state index contributed by atoms with van der Waals surface area (Å²) in [5.41, 5.74) is 0. The highest BCUT2D eigenvalue weighted by Gasteiger charge is 2.43. The Morgan fingerprint density at radius 3 is 2.24 bits per heavy atom. The molecule has 1 heterocycles. The van der Waals surface area contributed by atoms with Crippen LogP contribution in [0.4, 0.5) is 13.2 Å². The van der Waals surface area contributed by atoms with Crippen LogP contribution >= 0.6 is 0 Å². The van der Waals surface area contributed by atoms with E-state index in [1.54, 1.807) is 0 Å². The molecule has 1 aliphatic heterocycles. The second-order valence-electron chi connectivity index (χ2n) is 4.02. The third-order valence-electron chi connectivity index (χ3n) is 2.53. The summed E-state index contributed by atoms with van der Waals surface area (Å²) in [6.07, 6.45) is -5.84. The van der Waals surface area contributed by atoms with Gasteiger partial charge in [0.15, 0.2) is 9.84 Å². The van der Waals surface area contributed by atoms with Crippen molar-refractivity contribution < 1.29 is 31.8 Å².